The molecule has 0 spiro atoms. The molecule has 4 heterocycles. The summed E-state index contributed by atoms with van der Waals surface area (Å²) in [6, 6.07) is 15.4. The van der Waals surface area contributed by atoms with Gasteiger partial charge in [-0.3, -0.25) is 9.89 Å². The predicted octanol–water partition coefficient (Wildman–Crippen LogP) is 4.27. The fourth-order valence-corrected chi connectivity index (χ4v) is 4.16. The largest absolute Gasteiger partial charge is 0.491 e. The Hall–Kier alpha value is -3.94. The molecule has 0 aliphatic carbocycles. The maximum atomic E-state index is 12.9. The zero-order chi connectivity index (χ0) is 22.8. The Morgan fingerprint density at radius 1 is 1.15 bits per heavy atom. The van der Waals surface area contributed by atoms with E-state index in [1.54, 1.807) is 12.4 Å². The predicted molar refractivity (Wildman–Crippen MR) is 128 cm³/mol. The van der Waals surface area contributed by atoms with Crippen LogP contribution < -0.4 is 15.0 Å². The van der Waals surface area contributed by atoms with Crippen molar-refractivity contribution < 1.29 is 9.53 Å². The van der Waals surface area contributed by atoms with E-state index in [4.69, 9.17) is 4.74 Å². The van der Waals surface area contributed by atoms with Crippen LogP contribution in [0.3, 0.4) is 0 Å². The van der Waals surface area contributed by atoms with Crippen molar-refractivity contribution in [2.45, 2.75) is 26.4 Å². The van der Waals surface area contributed by atoms with Crippen LogP contribution in [0.1, 0.15) is 20.3 Å². The number of benzene rings is 1. The van der Waals surface area contributed by atoms with Crippen molar-refractivity contribution in [3.8, 4) is 17.0 Å². The minimum Gasteiger partial charge on any atom is -0.491 e. The zero-order valence-corrected chi connectivity index (χ0v) is 18.7. The quantitative estimate of drug-likeness (QED) is 0.463. The van der Waals surface area contributed by atoms with E-state index in [1.807, 2.05) is 62.4 Å². The third-order valence-electron chi connectivity index (χ3n) is 5.72. The van der Waals surface area contributed by atoms with E-state index >= 15 is 0 Å². The van der Waals surface area contributed by atoms with Gasteiger partial charge in [0.1, 0.15) is 23.1 Å². The molecule has 168 valence electrons. The van der Waals surface area contributed by atoms with Crippen LogP contribution in [0.25, 0.3) is 22.2 Å². The Morgan fingerprint density at radius 3 is 2.88 bits per heavy atom. The summed E-state index contributed by atoms with van der Waals surface area (Å²) in [5.74, 6) is 2.07. The van der Waals surface area contributed by atoms with Crippen LogP contribution >= 0.6 is 0 Å². The standard InChI is InChI=1S/C25H26N6O2/c1-16(2)33-19-6-7-21-20(14-19)24(30-29-21)17-8-11-26-22(13-17)28-25(32)18-9-12-31(15-18)23-5-3-4-10-27-23/h3-8,10-11,13-14,16,18H,9,12,15H2,1-2H3,(H,29,30)(H,26,28,32). The molecule has 0 radical (unpaired) electrons. The Morgan fingerprint density at radius 2 is 2.06 bits per heavy atom. The second-order valence-electron chi connectivity index (χ2n) is 8.48. The second kappa shape index (κ2) is 8.90. The number of carbonyl (C=O) groups is 1. The number of hydrogen-bond donors (Lipinski definition) is 2. The van der Waals surface area contributed by atoms with E-state index in [0.29, 0.717) is 12.4 Å². The normalized spacial score (nSPS) is 15.8. The summed E-state index contributed by atoms with van der Waals surface area (Å²) in [5, 5.41) is 11.5. The highest BCUT2D eigenvalue weighted by Crippen LogP contribution is 2.31. The second-order valence-corrected chi connectivity index (χ2v) is 8.48. The Bertz CT molecular complexity index is 1270. The highest BCUT2D eigenvalue weighted by molar-refractivity contribution is 5.96. The van der Waals surface area contributed by atoms with Crippen molar-refractivity contribution in [1.82, 2.24) is 20.2 Å². The topological polar surface area (TPSA) is 96.0 Å². The number of fused-ring (bicyclic) bond motifs is 1. The Kier molecular flexibility index (Phi) is 5.64. The highest BCUT2D eigenvalue weighted by atomic mass is 16.5. The van der Waals surface area contributed by atoms with E-state index in [1.165, 1.54) is 0 Å². The lowest BCUT2D eigenvalue weighted by atomic mass is 10.1. The molecule has 1 atom stereocenters. The summed E-state index contributed by atoms with van der Waals surface area (Å²) in [5.41, 5.74) is 2.58. The molecule has 4 aromatic rings. The molecule has 0 bridgehead atoms. The first-order valence-electron chi connectivity index (χ1n) is 11.1. The van der Waals surface area contributed by atoms with E-state index in [-0.39, 0.29) is 17.9 Å². The van der Waals surface area contributed by atoms with Crippen LogP contribution in [0.15, 0.2) is 60.9 Å². The molecule has 1 aliphatic heterocycles. The zero-order valence-electron chi connectivity index (χ0n) is 18.7. The SMILES string of the molecule is CC(C)Oc1ccc2[nH]nc(-c3ccnc(NC(=O)C4CCN(c5ccccn5)C4)c3)c2c1. The van der Waals surface area contributed by atoms with Gasteiger partial charge in [0, 0.05) is 36.4 Å². The molecule has 5 rings (SSSR count). The molecule has 8 heteroatoms. The molecule has 8 nitrogen and oxygen atoms in total. The Labute approximate surface area is 192 Å². The molecule has 1 saturated heterocycles. The summed E-state index contributed by atoms with van der Waals surface area (Å²) in [6.45, 7) is 5.45. The van der Waals surface area contributed by atoms with E-state index < -0.39 is 0 Å². The molecular weight excluding hydrogens is 416 g/mol. The molecule has 1 aliphatic rings. The molecule has 2 N–H and O–H groups in total. The number of ether oxygens (including phenoxy) is 1. The van der Waals surface area contributed by atoms with Gasteiger partial charge in [-0.05, 0) is 62.7 Å². The summed E-state index contributed by atoms with van der Waals surface area (Å²) in [4.78, 5) is 23.8. The maximum absolute atomic E-state index is 12.9. The van der Waals surface area contributed by atoms with Gasteiger partial charge in [-0.15, -0.1) is 0 Å². The first kappa shape index (κ1) is 20.9. The fourth-order valence-electron chi connectivity index (χ4n) is 4.16. The average molecular weight is 443 g/mol. The van der Waals surface area contributed by atoms with Gasteiger partial charge < -0.3 is 15.0 Å². The summed E-state index contributed by atoms with van der Waals surface area (Å²) in [6.07, 6.45) is 4.33. The lowest BCUT2D eigenvalue weighted by Crippen LogP contribution is -2.27. The van der Waals surface area contributed by atoms with Gasteiger partial charge in [0.2, 0.25) is 5.91 Å². The molecule has 33 heavy (non-hydrogen) atoms. The molecular formula is C25H26N6O2. The van der Waals surface area contributed by atoms with Gasteiger partial charge in [0.05, 0.1) is 17.5 Å². The third kappa shape index (κ3) is 4.50. The molecule has 3 aromatic heterocycles. The summed E-state index contributed by atoms with van der Waals surface area (Å²) in [7, 11) is 0. The van der Waals surface area contributed by atoms with Crippen LogP contribution in [-0.4, -0.2) is 45.3 Å². The number of pyridine rings is 2. The molecule has 1 amide bonds. The summed E-state index contributed by atoms with van der Waals surface area (Å²) < 4.78 is 5.84. The lowest BCUT2D eigenvalue weighted by Gasteiger charge is -2.17. The molecule has 1 unspecified atom stereocenters. The van der Waals surface area contributed by atoms with Crippen molar-refractivity contribution in [3.63, 3.8) is 0 Å². The van der Waals surface area contributed by atoms with E-state index in [0.717, 1.165) is 46.7 Å². The van der Waals surface area contributed by atoms with Crippen molar-refractivity contribution in [2.24, 2.45) is 5.92 Å². The maximum Gasteiger partial charge on any atom is 0.230 e. The number of nitrogens with zero attached hydrogens (tertiary/aromatic N) is 4. The lowest BCUT2D eigenvalue weighted by molar-refractivity contribution is -0.119. The summed E-state index contributed by atoms with van der Waals surface area (Å²) >= 11 is 0. The van der Waals surface area contributed by atoms with E-state index in [2.05, 4.69) is 30.4 Å². The van der Waals surface area contributed by atoms with Crippen LogP contribution in [0.4, 0.5) is 11.6 Å². The number of anilines is 2. The number of hydrogen-bond acceptors (Lipinski definition) is 6. The van der Waals surface area contributed by atoms with Crippen molar-refractivity contribution in [2.75, 3.05) is 23.3 Å². The minimum absolute atomic E-state index is 0.0300. The van der Waals surface area contributed by atoms with Gasteiger partial charge >= 0.3 is 0 Å². The first-order valence-corrected chi connectivity index (χ1v) is 11.1. The number of aromatic amines is 1. The fraction of sp³-hybridized carbons (Fsp3) is 0.280. The van der Waals surface area contributed by atoms with Crippen LogP contribution in [0.5, 0.6) is 5.75 Å². The van der Waals surface area contributed by atoms with Gasteiger partial charge in [-0.25, -0.2) is 9.97 Å². The van der Waals surface area contributed by atoms with Crippen LogP contribution in [0.2, 0.25) is 0 Å². The van der Waals surface area contributed by atoms with Crippen molar-refractivity contribution in [3.05, 3.63) is 60.9 Å². The van der Waals surface area contributed by atoms with E-state index in [9.17, 15) is 4.79 Å². The average Bonchev–Trinajstić information content (AvgIpc) is 3.47. The third-order valence-corrected chi connectivity index (χ3v) is 5.72. The number of amides is 1. The van der Waals surface area contributed by atoms with Gasteiger partial charge in [0.25, 0.3) is 0 Å². The monoisotopic (exact) mass is 442 g/mol. The number of H-pyrrole nitrogens is 1. The molecule has 1 aromatic carbocycles. The van der Waals surface area contributed by atoms with Crippen molar-refractivity contribution >= 4 is 28.4 Å². The number of aromatic nitrogens is 4. The van der Waals surface area contributed by atoms with Crippen LogP contribution in [0, 0.1) is 5.92 Å². The number of carbonyl (C=O) groups excluding carboxylic acids is 1. The van der Waals surface area contributed by atoms with Crippen molar-refractivity contribution in [1.29, 1.82) is 0 Å². The number of nitrogens with one attached hydrogen (secondary N) is 2. The Balaban J connectivity index is 1.32. The molecule has 1 fully saturated rings. The minimum atomic E-state index is -0.112. The highest BCUT2D eigenvalue weighted by Gasteiger charge is 2.29. The van der Waals surface area contributed by atoms with Crippen LogP contribution in [-0.2, 0) is 4.79 Å². The van der Waals surface area contributed by atoms with Gasteiger partial charge in [-0.2, -0.15) is 5.10 Å². The molecule has 0 saturated carbocycles. The van der Waals surface area contributed by atoms with Gasteiger partial charge in [-0.1, -0.05) is 6.07 Å². The smallest absolute Gasteiger partial charge is 0.230 e. The first-order chi connectivity index (χ1) is 16.1. The number of rotatable bonds is 6. The van der Waals surface area contributed by atoms with Gasteiger partial charge in [0.15, 0.2) is 0 Å².